The van der Waals surface area contributed by atoms with Crippen LogP contribution in [0.25, 0.3) is 0 Å². The number of pyridine rings is 1. The topological polar surface area (TPSA) is 81.6 Å². The second-order valence-corrected chi connectivity index (χ2v) is 1.93. The van der Waals surface area contributed by atoms with E-state index in [1.165, 1.54) is 6.07 Å². The summed E-state index contributed by atoms with van der Waals surface area (Å²) in [5, 5.41) is 25.9. The lowest BCUT2D eigenvalue weighted by Gasteiger charge is -1.89. The second kappa shape index (κ2) is 2.45. The maximum Gasteiger partial charge on any atom is 0.414 e. The fourth-order valence-electron chi connectivity index (χ4n) is 0.608. The van der Waals surface area contributed by atoms with E-state index in [1.807, 2.05) is 0 Å². The molecule has 0 aromatic carbocycles. The van der Waals surface area contributed by atoms with Crippen molar-refractivity contribution in [2.24, 2.45) is 0 Å². The summed E-state index contributed by atoms with van der Waals surface area (Å²) in [6, 6.07) is 2.27. The fourth-order valence-corrected chi connectivity index (χ4v) is 0.608. The quantitative estimate of drug-likeness (QED) is 0.382. The van der Waals surface area contributed by atoms with E-state index in [0.717, 1.165) is 12.3 Å². The number of carboxylic acids is 1. The highest BCUT2D eigenvalue weighted by Crippen LogP contribution is 2.01. The minimum atomic E-state index is -1.16. The zero-order valence-corrected chi connectivity index (χ0v) is 5.43. The summed E-state index contributed by atoms with van der Waals surface area (Å²) in [6.45, 7) is 0. The molecule has 0 aliphatic carbocycles. The first kappa shape index (κ1) is 7.33. The number of aromatic hydroxyl groups is 1. The maximum atomic E-state index is 10.3. The molecule has 0 aliphatic rings. The molecule has 0 radical (unpaired) electrons. The number of nitrogens with zero attached hydrogens (tertiary/aromatic N) is 1. The Balaban J connectivity index is 3.15. The molecule has 5 nitrogen and oxygen atoms in total. The Morgan fingerprint density at radius 2 is 2.09 bits per heavy atom. The number of hydrogen-bond acceptors (Lipinski definition) is 3. The van der Waals surface area contributed by atoms with Gasteiger partial charge in [0.05, 0.1) is 6.07 Å². The van der Waals surface area contributed by atoms with E-state index >= 15 is 0 Å². The maximum absolute atomic E-state index is 10.3. The van der Waals surface area contributed by atoms with Crippen molar-refractivity contribution < 1.29 is 24.9 Å². The second-order valence-electron chi connectivity index (χ2n) is 1.93. The lowest BCUT2D eigenvalue weighted by Crippen LogP contribution is -2.30. The van der Waals surface area contributed by atoms with Crippen LogP contribution in [0.3, 0.4) is 0 Å². The Hall–Kier alpha value is -1.78. The Morgan fingerprint density at radius 1 is 1.45 bits per heavy atom. The van der Waals surface area contributed by atoms with E-state index in [-0.39, 0.29) is 5.56 Å². The Labute approximate surface area is 61.7 Å². The number of hydrogen-bond donors (Lipinski definition) is 3. The monoisotopic (exact) mass is 156 g/mol. The van der Waals surface area contributed by atoms with Gasteiger partial charge < -0.3 is 10.2 Å². The van der Waals surface area contributed by atoms with Crippen LogP contribution < -0.4 is 4.73 Å². The van der Waals surface area contributed by atoms with E-state index in [4.69, 9.17) is 15.4 Å². The van der Waals surface area contributed by atoms with Gasteiger partial charge in [-0.3, -0.25) is 5.21 Å². The minimum absolute atomic E-state index is 0.0923. The van der Waals surface area contributed by atoms with Gasteiger partial charge in [0.1, 0.15) is 5.56 Å². The van der Waals surface area contributed by atoms with Crippen molar-refractivity contribution in [3.63, 3.8) is 0 Å². The van der Waals surface area contributed by atoms with Gasteiger partial charge in [-0.15, -0.1) is 0 Å². The van der Waals surface area contributed by atoms with Gasteiger partial charge in [-0.25, -0.2) is 4.79 Å². The van der Waals surface area contributed by atoms with E-state index in [9.17, 15) is 4.79 Å². The molecular formula is C6H6NO4+. The van der Waals surface area contributed by atoms with Gasteiger partial charge in [0.2, 0.25) is 6.20 Å². The molecule has 11 heavy (non-hydrogen) atoms. The summed E-state index contributed by atoms with van der Waals surface area (Å²) in [4.78, 5) is 10.3. The summed E-state index contributed by atoms with van der Waals surface area (Å²) < 4.78 is 0.337. The lowest BCUT2D eigenvalue weighted by atomic mass is 10.3. The molecule has 0 spiro atoms. The highest BCUT2D eigenvalue weighted by molar-refractivity contribution is 5.86. The molecule has 1 rings (SSSR count). The van der Waals surface area contributed by atoms with Crippen LogP contribution in [-0.4, -0.2) is 21.4 Å². The van der Waals surface area contributed by atoms with Crippen LogP contribution in [0.5, 0.6) is 5.88 Å². The van der Waals surface area contributed by atoms with E-state index in [1.54, 1.807) is 0 Å². The zero-order chi connectivity index (χ0) is 8.43. The number of carboxylic acid groups (broad SMARTS) is 1. The van der Waals surface area contributed by atoms with Crippen molar-refractivity contribution in [3.05, 3.63) is 23.9 Å². The standard InChI is InChI=1S/C6H5NO4/c8-5-2-1-4(6(9)10)3-7(5)11/h1-3,11H,(H,9,10)/p+1. The molecular weight excluding hydrogens is 150 g/mol. The van der Waals surface area contributed by atoms with Crippen LogP contribution in [0.2, 0.25) is 0 Å². The molecule has 58 valence electrons. The third-order valence-electron chi connectivity index (χ3n) is 1.16. The molecule has 1 aromatic rings. The summed E-state index contributed by atoms with van der Waals surface area (Å²) in [5.41, 5.74) is -0.0923. The number of rotatable bonds is 1. The van der Waals surface area contributed by atoms with Gasteiger partial charge >= 0.3 is 11.8 Å². The molecule has 5 heteroatoms. The minimum Gasteiger partial charge on any atom is -0.477 e. The number of carbonyl (C=O) groups is 1. The molecule has 0 unspecified atom stereocenters. The van der Waals surface area contributed by atoms with Gasteiger partial charge in [0.15, 0.2) is 0 Å². The fraction of sp³-hybridized carbons (Fsp3) is 0. The average molecular weight is 156 g/mol. The Kier molecular flexibility index (Phi) is 1.63. The van der Waals surface area contributed by atoms with Crippen molar-refractivity contribution in [1.82, 2.24) is 0 Å². The van der Waals surface area contributed by atoms with E-state index in [2.05, 4.69) is 0 Å². The molecule has 0 atom stereocenters. The van der Waals surface area contributed by atoms with Crippen molar-refractivity contribution in [2.45, 2.75) is 0 Å². The van der Waals surface area contributed by atoms with Crippen LogP contribution in [0, 0.1) is 0 Å². The Morgan fingerprint density at radius 3 is 2.55 bits per heavy atom. The lowest BCUT2D eigenvalue weighted by molar-refractivity contribution is -0.907. The van der Waals surface area contributed by atoms with Gasteiger partial charge in [0, 0.05) is 4.73 Å². The van der Waals surface area contributed by atoms with Crippen molar-refractivity contribution in [1.29, 1.82) is 0 Å². The molecule has 1 aromatic heterocycles. The van der Waals surface area contributed by atoms with Crippen molar-refractivity contribution in [2.75, 3.05) is 0 Å². The summed E-state index contributed by atoms with van der Waals surface area (Å²) >= 11 is 0. The van der Waals surface area contributed by atoms with Crippen LogP contribution in [-0.2, 0) is 0 Å². The van der Waals surface area contributed by atoms with Gasteiger partial charge in [0.25, 0.3) is 0 Å². The predicted molar refractivity (Wildman–Crippen MR) is 32.4 cm³/mol. The summed E-state index contributed by atoms with van der Waals surface area (Å²) in [5.74, 6) is -1.57. The largest absolute Gasteiger partial charge is 0.477 e. The van der Waals surface area contributed by atoms with Gasteiger partial charge in [-0.05, 0) is 6.07 Å². The smallest absolute Gasteiger partial charge is 0.414 e. The number of aromatic nitrogens is 1. The van der Waals surface area contributed by atoms with Crippen molar-refractivity contribution in [3.8, 4) is 5.88 Å². The van der Waals surface area contributed by atoms with E-state index in [0.29, 0.717) is 4.73 Å². The summed E-state index contributed by atoms with van der Waals surface area (Å²) in [6.07, 6.45) is 0.900. The summed E-state index contributed by atoms with van der Waals surface area (Å²) in [7, 11) is 0. The van der Waals surface area contributed by atoms with E-state index < -0.39 is 11.8 Å². The van der Waals surface area contributed by atoms with Gasteiger partial charge in [-0.1, -0.05) is 0 Å². The Bertz CT molecular complexity index is 297. The van der Waals surface area contributed by atoms with Crippen LogP contribution in [0.15, 0.2) is 18.3 Å². The molecule has 1 heterocycles. The molecule has 0 saturated carbocycles. The van der Waals surface area contributed by atoms with Crippen molar-refractivity contribution >= 4 is 5.97 Å². The average Bonchev–Trinajstić information content (AvgIpc) is 1.94. The zero-order valence-electron chi connectivity index (χ0n) is 5.43. The third-order valence-corrected chi connectivity index (χ3v) is 1.16. The SMILES string of the molecule is O=C(O)c1ccc(O)[n+](O)c1. The third kappa shape index (κ3) is 1.37. The first-order valence-corrected chi connectivity index (χ1v) is 2.78. The first-order chi connectivity index (χ1) is 5.11. The first-order valence-electron chi connectivity index (χ1n) is 2.78. The molecule has 0 amide bonds. The highest BCUT2D eigenvalue weighted by Gasteiger charge is 2.12. The van der Waals surface area contributed by atoms with Gasteiger partial charge in [-0.2, -0.15) is 0 Å². The van der Waals surface area contributed by atoms with Crippen LogP contribution >= 0.6 is 0 Å². The highest BCUT2D eigenvalue weighted by atomic mass is 16.5. The number of aromatic carboxylic acids is 1. The normalized spacial score (nSPS) is 9.45. The molecule has 0 saturated heterocycles. The molecule has 0 bridgehead atoms. The van der Waals surface area contributed by atoms with Crippen LogP contribution in [0.4, 0.5) is 0 Å². The molecule has 0 fully saturated rings. The van der Waals surface area contributed by atoms with Crippen LogP contribution in [0.1, 0.15) is 10.4 Å². The molecule has 0 aliphatic heterocycles. The predicted octanol–water partition coefficient (Wildman–Crippen LogP) is -0.385. The molecule has 3 N–H and O–H groups in total.